The van der Waals surface area contributed by atoms with Gasteiger partial charge in [0.15, 0.2) is 0 Å². The summed E-state index contributed by atoms with van der Waals surface area (Å²) in [6, 6.07) is 15.8. The van der Waals surface area contributed by atoms with Gasteiger partial charge in [-0.05, 0) is 24.3 Å². The molecule has 0 N–H and O–H groups in total. The van der Waals surface area contributed by atoms with Crippen LogP contribution in [0.15, 0.2) is 60.7 Å². The molecule has 0 radical (unpaired) electrons. The summed E-state index contributed by atoms with van der Waals surface area (Å²) >= 11 is 0. The summed E-state index contributed by atoms with van der Waals surface area (Å²) in [5, 5.41) is 0. The maximum absolute atomic E-state index is 12.6. The van der Waals surface area contributed by atoms with Crippen LogP contribution in [0.4, 0.5) is 4.79 Å². The highest BCUT2D eigenvalue weighted by molar-refractivity contribution is 6.20. The van der Waals surface area contributed by atoms with Crippen LogP contribution in [0.3, 0.4) is 0 Å². The molecular formula is C17H16N2O3. The third kappa shape index (κ3) is 3.20. The van der Waals surface area contributed by atoms with Crippen molar-refractivity contribution in [3.05, 3.63) is 71.8 Å². The van der Waals surface area contributed by atoms with Crippen molar-refractivity contribution in [1.82, 2.24) is 9.80 Å². The molecule has 0 saturated carbocycles. The van der Waals surface area contributed by atoms with Crippen LogP contribution in [0.25, 0.3) is 0 Å². The minimum absolute atomic E-state index is 0.280. The number of imide groups is 3. The number of rotatable bonds is 2. The summed E-state index contributed by atoms with van der Waals surface area (Å²) in [5.41, 5.74) is 0.559. The number of carbonyl (C=O) groups is 3. The maximum Gasteiger partial charge on any atom is 0.333 e. The van der Waals surface area contributed by atoms with Crippen LogP contribution in [0, 0.1) is 0 Å². The lowest BCUT2D eigenvalue weighted by Gasteiger charge is -2.22. The van der Waals surface area contributed by atoms with Crippen LogP contribution in [-0.2, 0) is 0 Å². The van der Waals surface area contributed by atoms with E-state index in [1.54, 1.807) is 60.7 Å². The van der Waals surface area contributed by atoms with Gasteiger partial charge in [-0.1, -0.05) is 36.4 Å². The Bertz CT molecular complexity index is 630. The summed E-state index contributed by atoms with van der Waals surface area (Å²) in [7, 11) is 2.98. The van der Waals surface area contributed by atoms with Crippen molar-refractivity contribution < 1.29 is 14.4 Å². The van der Waals surface area contributed by atoms with Crippen molar-refractivity contribution >= 4 is 17.8 Å². The second-order valence-electron chi connectivity index (χ2n) is 4.85. The lowest BCUT2D eigenvalue weighted by molar-refractivity contribution is 0.0643. The molecule has 0 heterocycles. The molecule has 0 spiro atoms. The molecule has 5 heteroatoms. The Balaban J connectivity index is 2.42. The van der Waals surface area contributed by atoms with E-state index in [0.717, 1.165) is 0 Å². The molecule has 0 bridgehead atoms. The Morgan fingerprint density at radius 2 is 1.05 bits per heavy atom. The van der Waals surface area contributed by atoms with E-state index in [2.05, 4.69) is 0 Å². The molecule has 2 aromatic carbocycles. The van der Waals surface area contributed by atoms with Crippen molar-refractivity contribution in [2.24, 2.45) is 0 Å². The van der Waals surface area contributed by atoms with Gasteiger partial charge in [0.05, 0.1) is 0 Å². The molecule has 2 aromatic rings. The molecule has 0 fully saturated rings. The van der Waals surface area contributed by atoms with E-state index in [4.69, 9.17) is 0 Å². The molecule has 112 valence electrons. The zero-order chi connectivity index (χ0) is 16.1. The predicted octanol–water partition coefficient (Wildman–Crippen LogP) is 2.65. The van der Waals surface area contributed by atoms with Gasteiger partial charge in [-0.3, -0.25) is 9.59 Å². The Morgan fingerprint density at radius 3 is 1.36 bits per heavy atom. The SMILES string of the molecule is CN(C)C(=O)N(C(=O)c1ccccc1)C(=O)c1ccccc1. The number of hydrogen-bond acceptors (Lipinski definition) is 3. The first-order chi connectivity index (χ1) is 10.5. The molecule has 5 nitrogen and oxygen atoms in total. The standard InChI is InChI=1S/C17H16N2O3/c1-18(2)17(22)19(15(20)13-9-5-3-6-10-13)16(21)14-11-7-4-8-12-14/h3-12H,1-2H3. The van der Waals surface area contributed by atoms with E-state index in [1.165, 1.54) is 19.0 Å². The van der Waals surface area contributed by atoms with E-state index in [-0.39, 0.29) is 11.1 Å². The Morgan fingerprint density at radius 1 is 0.682 bits per heavy atom. The zero-order valence-corrected chi connectivity index (χ0v) is 12.4. The topological polar surface area (TPSA) is 57.7 Å². The molecule has 0 saturated heterocycles. The highest BCUT2D eigenvalue weighted by Gasteiger charge is 2.31. The number of benzene rings is 2. The smallest absolute Gasteiger partial charge is 0.330 e. The molecule has 0 atom stereocenters. The first-order valence-electron chi connectivity index (χ1n) is 6.72. The fourth-order valence-corrected chi connectivity index (χ4v) is 1.89. The molecule has 22 heavy (non-hydrogen) atoms. The highest BCUT2D eigenvalue weighted by Crippen LogP contribution is 2.12. The van der Waals surface area contributed by atoms with Crippen LogP contribution < -0.4 is 0 Å². The number of amides is 4. The van der Waals surface area contributed by atoms with Gasteiger partial charge in [-0.15, -0.1) is 0 Å². The minimum Gasteiger partial charge on any atom is -0.330 e. The lowest BCUT2D eigenvalue weighted by atomic mass is 10.1. The molecule has 4 amide bonds. The Kier molecular flexibility index (Phi) is 4.68. The first kappa shape index (κ1) is 15.4. The number of carbonyl (C=O) groups excluding carboxylic acids is 3. The van der Waals surface area contributed by atoms with Crippen LogP contribution in [0.1, 0.15) is 20.7 Å². The van der Waals surface area contributed by atoms with Crippen LogP contribution in [0.2, 0.25) is 0 Å². The maximum atomic E-state index is 12.6. The number of nitrogens with zero attached hydrogens (tertiary/aromatic N) is 2. The summed E-state index contributed by atoms with van der Waals surface area (Å²) < 4.78 is 0. The summed E-state index contributed by atoms with van der Waals surface area (Å²) in [6.07, 6.45) is 0. The predicted molar refractivity (Wildman–Crippen MR) is 82.5 cm³/mol. The van der Waals surface area contributed by atoms with Gasteiger partial charge in [0.1, 0.15) is 0 Å². The molecule has 0 unspecified atom stereocenters. The lowest BCUT2D eigenvalue weighted by Crippen LogP contribution is -2.47. The van der Waals surface area contributed by atoms with E-state index >= 15 is 0 Å². The van der Waals surface area contributed by atoms with E-state index < -0.39 is 17.8 Å². The Labute approximate surface area is 128 Å². The van der Waals surface area contributed by atoms with Gasteiger partial charge >= 0.3 is 6.03 Å². The molecule has 0 aliphatic rings. The third-order valence-electron chi connectivity index (χ3n) is 3.02. The molecule has 2 rings (SSSR count). The molecule has 0 aliphatic carbocycles. The van der Waals surface area contributed by atoms with E-state index in [9.17, 15) is 14.4 Å². The average Bonchev–Trinajstić information content (AvgIpc) is 2.56. The fourth-order valence-electron chi connectivity index (χ4n) is 1.89. The highest BCUT2D eigenvalue weighted by atomic mass is 16.2. The van der Waals surface area contributed by atoms with Crippen molar-refractivity contribution in [3.8, 4) is 0 Å². The van der Waals surface area contributed by atoms with Gasteiger partial charge in [0.25, 0.3) is 11.8 Å². The van der Waals surface area contributed by atoms with Gasteiger partial charge in [0, 0.05) is 25.2 Å². The van der Waals surface area contributed by atoms with Crippen molar-refractivity contribution in [2.45, 2.75) is 0 Å². The second-order valence-corrected chi connectivity index (χ2v) is 4.85. The van der Waals surface area contributed by atoms with Crippen molar-refractivity contribution in [2.75, 3.05) is 14.1 Å². The van der Waals surface area contributed by atoms with Crippen LogP contribution in [-0.4, -0.2) is 41.7 Å². The van der Waals surface area contributed by atoms with Gasteiger partial charge in [0.2, 0.25) is 0 Å². The summed E-state index contributed by atoms with van der Waals surface area (Å²) in [4.78, 5) is 39.3. The molecular weight excluding hydrogens is 280 g/mol. The minimum atomic E-state index is -0.678. The summed E-state index contributed by atoms with van der Waals surface area (Å²) in [5.74, 6) is -1.29. The van der Waals surface area contributed by atoms with Gasteiger partial charge in [-0.2, -0.15) is 4.90 Å². The molecule has 0 aromatic heterocycles. The first-order valence-corrected chi connectivity index (χ1v) is 6.72. The van der Waals surface area contributed by atoms with E-state index in [0.29, 0.717) is 4.90 Å². The number of hydrogen-bond donors (Lipinski definition) is 0. The van der Waals surface area contributed by atoms with Crippen LogP contribution in [0.5, 0.6) is 0 Å². The molecule has 0 aliphatic heterocycles. The largest absolute Gasteiger partial charge is 0.333 e. The fraction of sp³-hybridized carbons (Fsp3) is 0.118. The van der Waals surface area contributed by atoms with Crippen LogP contribution >= 0.6 is 0 Å². The quantitative estimate of drug-likeness (QED) is 0.801. The van der Waals surface area contributed by atoms with E-state index in [1.807, 2.05) is 0 Å². The van der Waals surface area contributed by atoms with Crippen molar-refractivity contribution in [3.63, 3.8) is 0 Å². The zero-order valence-electron chi connectivity index (χ0n) is 12.4. The van der Waals surface area contributed by atoms with Gasteiger partial charge in [-0.25, -0.2) is 4.79 Å². The van der Waals surface area contributed by atoms with Gasteiger partial charge < -0.3 is 4.90 Å². The summed E-state index contributed by atoms with van der Waals surface area (Å²) in [6.45, 7) is 0. The normalized spacial score (nSPS) is 9.91. The van der Waals surface area contributed by atoms with Crippen molar-refractivity contribution in [1.29, 1.82) is 0 Å². The Hall–Kier alpha value is -2.95. The monoisotopic (exact) mass is 296 g/mol. The number of urea groups is 1. The third-order valence-corrected chi connectivity index (χ3v) is 3.02. The average molecular weight is 296 g/mol. The second kappa shape index (κ2) is 6.67.